The van der Waals surface area contributed by atoms with Gasteiger partial charge in [-0.15, -0.1) is 21.5 Å². The van der Waals surface area contributed by atoms with Crippen LogP contribution >= 0.6 is 11.3 Å². The molecule has 2 aromatic rings. The highest BCUT2D eigenvalue weighted by Gasteiger charge is 2.22. The fraction of sp³-hybridized carbons (Fsp3) is 0.571. The normalized spacial score (nSPS) is 16.1. The van der Waals surface area contributed by atoms with E-state index in [4.69, 9.17) is 0 Å². The van der Waals surface area contributed by atoms with Gasteiger partial charge in [0.05, 0.1) is 16.7 Å². The predicted molar refractivity (Wildman–Crippen MR) is 80.3 cm³/mol. The first kappa shape index (κ1) is 14.2. The molecule has 1 aliphatic heterocycles. The van der Waals surface area contributed by atoms with E-state index in [-0.39, 0.29) is 11.9 Å². The van der Waals surface area contributed by atoms with Crippen molar-refractivity contribution in [3.8, 4) is 0 Å². The lowest BCUT2D eigenvalue weighted by Gasteiger charge is -2.12. The molecule has 2 aromatic heterocycles. The van der Waals surface area contributed by atoms with E-state index in [2.05, 4.69) is 20.5 Å². The molecule has 6 nitrogen and oxygen atoms in total. The Balaban J connectivity index is 1.75. The van der Waals surface area contributed by atoms with E-state index < -0.39 is 0 Å². The van der Waals surface area contributed by atoms with Gasteiger partial charge in [-0.05, 0) is 26.7 Å². The Morgan fingerprint density at radius 3 is 3.00 bits per heavy atom. The van der Waals surface area contributed by atoms with Gasteiger partial charge < -0.3 is 9.88 Å². The number of aromatic nitrogens is 4. The van der Waals surface area contributed by atoms with Gasteiger partial charge in [-0.2, -0.15) is 0 Å². The summed E-state index contributed by atoms with van der Waals surface area (Å²) >= 11 is 1.59. The fourth-order valence-electron chi connectivity index (χ4n) is 2.57. The molecule has 0 aliphatic carbocycles. The molecule has 0 aromatic carbocycles. The van der Waals surface area contributed by atoms with Crippen LogP contribution in [-0.4, -0.2) is 25.7 Å². The first-order valence-corrected chi connectivity index (χ1v) is 8.18. The number of thiazole rings is 1. The van der Waals surface area contributed by atoms with Crippen molar-refractivity contribution in [3.63, 3.8) is 0 Å². The monoisotopic (exact) mass is 305 g/mol. The highest BCUT2D eigenvalue weighted by molar-refractivity contribution is 7.09. The van der Waals surface area contributed by atoms with Crippen LogP contribution in [-0.2, 0) is 13.0 Å². The van der Waals surface area contributed by atoms with Crippen LogP contribution in [0.15, 0.2) is 5.38 Å². The van der Waals surface area contributed by atoms with Crippen molar-refractivity contribution in [3.05, 3.63) is 27.7 Å². The molecule has 1 atom stereocenters. The fourth-order valence-corrected chi connectivity index (χ4v) is 3.27. The standard InChI is InChI=1S/C14H19N5OS/c1-9(11-8-21-10(2)16-11)15-14(20)13-18-17-12-6-4-3-5-7-19(12)13/h8-9H,3-7H2,1-2H3,(H,15,20)/t9-/m0/s1. The van der Waals surface area contributed by atoms with Gasteiger partial charge in [0.15, 0.2) is 0 Å². The Bertz CT molecular complexity index is 648. The number of carbonyl (C=O) groups is 1. The number of rotatable bonds is 3. The van der Waals surface area contributed by atoms with E-state index in [1.54, 1.807) is 11.3 Å². The van der Waals surface area contributed by atoms with Crippen molar-refractivity contribution in [2.24, 2.45) is 0 Å². The Morgan fingerprint density at radius 1 is 1.38 bits per heavy atom. The van der Waals surface area contributed by atoms with Gasteiger partial charge in [0.1, 0.15) is 5.82 Å². The van der Waals surface area contributed by atoms with Crippen LogP contribution in [0.5, 0.6) is 0 Å². The predicted octanol–water partition coefficient (Wildman–Crippen LogP) is 2.26. The summed E-state index contributed by atoms with van der Waals surface area (Å²) < 4.78 is 1.96. The second-order valence-corrected chi connectivity index (χ2v) is 6.45. The van der Waals surface area contributed by atoms with Crippen LogP contribution in [0.1, 0.15) is 59.4 Å². The molecule has 7 heteroatoms. The summed E-state index contributed by atoms with van der Waals surface area (Å²) in [6.07, 6.45) is 4.28. The molecular weight excluding hydrogens is 286 g/mol. The number of hydrogen-bond acceptors (Lipinski definition) is 5. The lowest BCUT2D eigenvalue weighted by atomic mass is 10.2. The Morgan fingerprint density at radius 2 is 2.24 bits per heavy atom. The SMILES string of the molecule is Cc1nc([C@H](C)NC(=O)c2nnc3n2CCCCC3)cs1. The number of nitrogens with one attached hydrogen (secondary N) is 1. The zero-order valence-corrected chi connectivity index (χ0v) is 13.1. The molecule has 1 N–H and O–H groups in total. The third-order valence-corrected chi connectivity index (χ3v) is 4.53. The Kier molecular flexibility index (Phi) is 4.01. The van der Waals surface area contributed by atoms with Gasteiger partial charge in [0.2, 0.25) is 5.82 Å². The summed E-state index contributed by atoms with van der Waals surface area (Å²) in [4.78, 5) is 16.8. The molecule has 1 aliphatic rings. The average molecular weight is 305 g/mol. The first-order valence-electron chi connectivity index (χ1n) is 7.30. The number of aryl methyl sites for hydroxylation is 2. The van der Waals surface area contributed by atoms with Crippen LogP contribution in [0.25, 0.3) is 0 Å². The number of nitrogens with zero attached hydrogens (tertiary/aromatic N) is 4. The molecule has 3 rings (SSSR count). The third kappa shape index (κ3) is 2.97. The average Bonchev–Trinajstić information content (AvgIpc) is 2.99. The van der Waals surface area contributed by atoms with E-state index >= 15 is 0 Å². The van der Waals surface area contributed by atoms with Crippen molar-refractivity contribution >= 4 is 17.2 Å². The van der Waals surface area contributed by atoms with Gasteiger partial charge in [-0.25, -0.2) is 4.98 Å². The van der Waals surface area contributed by atoms with Gasteiger partial charge in [0.25, 0.3) is 5.91 Å². The van der Waals surface area contributed by atoms with Crippen LogP contribution < -0.4 is 5.32 Å². The highest BCUT2D eigenvalue weighted by atomic mass is 32.1. The molecule has 0 fully saturated rings. The molecule has 21 heavy (non-hydrogen) atoms. The Hall–Kier alpha value is -1.76. The Labute approximate surface area is 127 Å². The summed E-state index contributed by atoms with van der Waals surface area (Å²) in [5.41, 5.74) is 0.890. The lowest BCUT2D eigenvalue weighted by Crippen LogP contribution is -2.29. The summed E-state index contributed by atoms with van der Waals surface area (Å²) in [7, 11) is 0. The summed E-state index contributed by atoms with van der Waals surface area (Å²) in [5, 5.41) is 14.2. The minimum absolute atomic E-state index is 0.124. The quantitative estimate of drug-likeness (QED) is 0.944. The van der Waals surface area contributed by atoms with Crippen molar-refractivity contribution < 1.29 is 4.79 Å². The maximum Gasteiger partial charge on any atom is 0.289 e. The van der Waals surface area contributed by atoms with E-state index in [1.165, 1.54) is 6.42 Å². The van der Waals surface area contributed by atoms with Crippen molar-refractivity contribution in [2.75, 3.05) is 0 Å². The minimum atomic E-state index is -0.172. The molecule has 0 radical (unpaired) electrons. The van der Waals surface area contributed by atoms with Crippen LogP contribution in [0.2, 0.25) is 0 Å². The second kappa shape index (κ2) is 5.93. The van der Waals surface area contributed by atoms with Crippen molar-refractivity contribution in [1.29, 1.82) is 0 Å². The smallest absolute Gasteiger partial charge is 0.289 e. The van der Waals surface area contributed by atoms with E-state index in [1.807, 2.05) is 23.8 Å². The van der Waals surface area contributed by atoms with Gasteiger partial charge in [-0.1, -0.05) is 6.42 Å². The van der Waals surface area contributed by atoms with E-state index in [0.29, 0.717) is 5.82 Å². The first-order chi connectivity index (χ1) is 10.1. The van der Waals surface area contributed by atoms with Gasteiger partial charge in [0, 0.05) is 18.3 Å². The largest absolute Gasteiger partial charge is 0.341 e. The van der Waals surface area contributed by atoms with Gasteiger partial charge >= 0.3 is 0 Å². The van der Waals surface area contributed by atoms with Crippen molar-refractivity contribution in [1.82, 2.24) is 25.1 Å². The molecule has 1 amide bonds. The maximum absolute atomic E-state index is 12.4. The topological polar surface area (TPSA) is 72.7 Å². The number of carbonyl (C=O) groups excluding carboxylic acids is 1. The summed E-state index contributed by atoms with van der Waals surface area (Å²) in [6, 6.07) is -0.124. The molecule has 0 bridgehead atoms. The minimum Gasteiger partial charge on any atom is -0.341 e. The second-order valence-electron chi connectivity index (χ2n) is 5.39. The summed E-state index contributed by atoms with van der Waals surface area (Å²) in [6.45, 7) is 4.72. The number of amides is 1. The van der Waals surface area contributed by atoms with E-state index in [9.17, 15) is 4.79 Å². The molecule has 0 unspecified atom stereocenters. The third-order valence-electron chi connectivity index (χ3n) is 3.74. The molecular formula is C14H19N5OS. The maximum atomic E-state index is 12.4. The summed E-state index contributed by atoms with van der Waals surface area (Å²) in [5.74, 6) is 1.18. The number of hydrogen-bond donors (Lipinski definition) is 1. The molecule has 0 saturated heterocycles. The zero-order valence-electron chi connectivity index (χ0n) is 12.3. The van der Waals surface area contributed by atoms with Crippen molar-refractivity contribution in [2.45, 2.75) is 52.1 Å². The van der Waals surface area contributed by atoms with Crippen LogP contribution in [0.3, 0.4) is 0 Å². The van der Waals surface area contributed by atoms with E-state index in [0.717, 1.165) is 42.3 Å². The van der Waals surface area contributed by atoms with Gasteiger partial charge in [-0.3, -0.25) is 4.79 Å². The lowest BCUT2D eigenvalue weighted by molar-refractivity contribution is 0.0923. The zero-order chi connectivity index (χ0) is 14.8. The molecule has 0 spiro atoms. The number of fused-ring (bicyclic) bond motifs is 1. The van der Waals surface area contributed by atoms with Crippen LogP contribution in [0, 0.1) is 6.92 Å². The molecule has 112 valence electrons. The molecule has 3 heterocycles. The highest BCUT2D eigenvalue weighted by Crippen LogP contribution is 2.17. The molecule has 0 saturated carbocycles. The van der Waals surface area contributed by atoms with Crippen LogP contribution in [0.4, 0.5) is 0 Å².